The quantitative estimate of drug-likeness (QED) is 0.754. The molecule has 1 aliphatic rings. The summed E-state index contributed by atoms with van der Waals surface area (Å²) >= 11 is 0. The summed E-state index contributed by atoms with van der Waals surface area (Å²) in [5, 5.41) is 1.35. The normalized spacial score (nSPS) is 19.1. The summed E-state index contributed by atoms with van der Waals surface area (Å²) in [5.41, 5.74) is 4.16. The Morgan fingerprint density at radius 2 is 2.00 bits per heavy atom. The fourth-order valence-corrected chi connectivity index (χ4v) is 2.61. The zero-order chi connectivity index (χ0) is 10.5. The fourth-order valence-electron chi connectivity index (χ4n) is 2.61. The molecule has 78 valence electrons. The topological polar surface area (TPSA) is 25.0 Å². The first-order valence-corrected chi connectivity index (χ1v) is 5.36. The van der Waals surface area contributed by atoms with Crippen LogP contribution in [0.15, 0.2) is 24.3 Å². The number of ether oxygens (including phenoxy) is 1. The van der Waals surface area contributed by atoms with Crippen molar-refractivity contribution in [2.45, 2.75) is 19.3 Å². The monoisotopic (exact) mass is 201 g/mol. The van der Waals surface area contributed by atoms with Gasteiger partial charge >= 0.3 is 0 Å². The maximum absolute atomic E-state index is 5.35. The first-order valence-electron chi connectivity index (χ1n) is 5.36. The molecular formula is C13H15NO. The molecule has 1 saturated heterocycles. The Morgan fingerprint density at radius 3 is 2.67 bits per heavy atom. The Labute approximate surface area is 89.3 Å². The van der Waals surface area contributed by atoms with Crippen LogP contribution in [0.3, 0.4) is 0 Å². The molecule has 0 spiro atoms. The van der Waals surface area contributed by atoms with Crippen molar-refractivity contribution in [3.8, 4) is 0 Å². The van der Waals surface area contributed by atoms with Gasteiger partial charge in [0.15, 0.2) is 0 Å². The number of fused-ring (bicyclic) bond motifs is 1. The van der Waals surface area contributed by atoms with Crippen molar-refractivity contribution in [1.29, 1.82) is 0 Å². The van der Waals surface area contributed by atoms with E-state index >= 15 is 0 Å². The molecule has 3 rings (SSSR count). The molecule has 0 radical (unpaired) electrons. The minimum absolute atomic E-state index is 0.212. The van der Waals surface area contributed by atoms with Crippen LogP contribution in [0, 0.1) is 6.92 Å². The predicted octanol–water partition coefficient (Wildman–Crippen LogP) is 2.76. The number of aryl methyl sites for hydroxylation is 1. The van der Waals surface area contributed by atoms with E-state index in [1.807, 2.05) is 0 Å². The number of para-hydroxylation sites is 1. The van der Waals surface area contributed by atoms with Crippen LogP contribution in [0.2, 0.25) is 0 Å². The van der Waals surface area contributed by atoms with Crippen molar-refractivity contribution < 1.29 is 4.74 Å². The van der Waals surface area contributed by atoms with Gasteiger partial charge in [0.25, 0.3) is 0 Å². The Morgan fingerprint density at radius 1 is 1.27 bits per heavy atom. The Kier molecular flexibility index (Phi) is 1.71. The van der Waals surface area contributed by atoms with Crippen LogP contribution >= 0.6 is 0 Å². The van der Waals surface area contributed by atoms with Gasteiger partial charge in [-0.3, -0.25) is 0 Å². The second-order valence-corrected chi connectivity index (χ2v) is 4.72. The highest BCUT2D eigenvalue weighted by atomic mass is 16.5. The number of aromatic amines is 1. The van der Waals surface area contributed by atoms with Crippen LogP contribution in [0.25, 0.3) is 10.9 Å². The third-order valence-electron chi connectivity index (χ3n) is 3.34. The molecule has 1 N–H and O–H groups in total. The van der Waals surface area contributed by atoms with E-state index in [1.165, 1.54) is 22.2 Å². The van der Waals surface area contributed by atoms with Gasteiger partial charge in [-0.15, -0.1) is 0 Å². The van der Waals surface area contributed by atoms with Crippen LogP contribution in [0.1, 0.15) is 18.2 Å². The Bertz CT molecular complexity index is 508. The van der Waals surface area contributed by atoms with Gasteiger partial charge in [-0.2, -0.15) is 0 Å². The third-order valence-corrected chi connectivity index (χ3v) is 3.34. The van der Waals surface area contributed by atoms with Gasteiger partial charge in [0.1, 0.15) is 0 Å². The average Bonchev–Trinajstić information content (AvgIpc) is 2.51. The predicted molar refractivity (Wildman–Crippen MR) is 61.2 cm³/mol. The van der Waals surface area contributed by atoms with Gasteiger partial charge in [0.05, 0.1) is 13.2 Å². The molecule has 1 aromatic carbocycles. The first kappa shape index (κ1) is 8.98. The van der Waals surface area contributed by atoms with Gasteiger partial charge in [0, 0.05) is 22.0 Å². The fraction of sp³-hybridized carbons (Fsp3) is 0.385. The lowest BCUT2D eigenvalue weighted by molar-refractivity contribution is -0.0495. The maximum atomic E-state index is 5.35. The largest absolute Gasteiger partial charge is 0.379 e. The Balaban J connectivity index is 2.29. The highest BCUT2D eigenvalue weighted by molar-refractivity contribution is 5.85. The summed E-state index contributed by atoms with van der Waals surface area (Å²) in [7, 11) is 0. The molecule has 0 aliphatic carbocycles. The summed E-state index contributed by atoms with van der Waals surface area (Å²) in [6.45, 7) is 6.11. The van der Waals surface area contributed by atoms with Gasteiger partial charge in [-0.1, -0.05) is 25.1 Å². The molecule has 0 atom stereocenters. The van der Waals surface area contributed by atoms with E-state index in [9.17, 15) is 0 Å². The lowest BCUT2D eigenvalue weighted by atomic mass is 9.79. The molecule has 2 aromatic rings. The number of rotatable bonds is 1. The van der Waals surface area contributed by atoms with Crippen LogP contribution < -0.4 is 0 Å². The number of nitrogens with one attached hydrogen (secondary N) is 1. The minimum Gasteiger partial charge on any atom is -0.379 e. The third kappa shape index (κ3) is 1.15. The number of hydrogen-bond acceptors (Lipinski definition) is 1. The van der Waals surface area contributed by atoms with Gasteiger partial charge in [-0.25, -0.2) is 0 Å². The van der Waals surface area contributed by atoms with Gasteiger partial charge in [0.2, 0.25) is 0 Å². The van der Waals surface area contributed by atoms with E-state index in [2.05, 4.69) is 43.1 Å². The van der Waals surface area contributed by atoms with E-state index in [-0.39, 0.29) is 5.41 Å². The molecule has 0 bridgehead atoms. The average molecular weight is 201 g/mol. The summed E-state index contributed by atoms with van der Waals surface area (Å²) in [6.07, 6.45) is 0. The van der Waals surface area contributed by atoms with E-state index in [0.717, 1.165) is 13.2 Å². The van der Waals surface area contributed by atoms with Crippen molar-refractivity contribution in [3.05, 3.63) is 35.5 Å². The van der Waals surface area contributed by atoms with Crippen molar-refractivity contribution in [2.75, 3.05) is 13.2 Å². The summed E-state index contributed by atoms with van der Waals surface area (Å²) in [6, 6.07) is 8.50. The summed E-state index contributed by atoms with van der Waals surface area (Å²) in [5.74, 6) is 0. The molecule has 15 heavy (non-hydrogen) atoms. The Hall–Kier alpha value is -1.28. The second kappa shape index (κ2) is 2.86. The number of hydrogen-bond donors (Lipinski definition) is 1. The van der Waals surface area contributed by atoms with Gasteiger partial charge < -0.3 is 9.72 Å². The van der Waals surface area contributed by atoms with Crippen molar-refractivity contribution in [1.82, 2.24) is 4.98 Å². The lowest BCUT2D eigenvalue weighted by Crippen LogP contribution is -2.44. The highest BCUT2D eigenvalue weighted by Gasteiger charge is 2.38. The SMILES string of the molecule is Cc1[nH]c2ccccc2c1C1(C)COC1. The molecule has 2 heteroatoms. The molecule has 1 aliphatic heterocycles. The van der Waals surface area contributed by atoms with E-state index in [1.54, 1.807) is 0 Å². The molecular weight excluding hydrogens is 186 g/mol. The van der Waals surface area contributed by atoms with E-state index < -0.39 is 0 Å². The zero-order valence-corrected chi connectivity index (χ0v) is 9.13. The highest BCUT2D eigenvalue weighted by Crippen LogP contribution is 2.38. The number of aromatic nitrogens is 1. The lowest BCUT2D eigenvalue weighted by Gasteiger charge is -2.38. The van der Waals surface area contributed by atoms with Crippen LogP contribution in [0.4, 0.5) is 0 Å². The van der Waals surface area contributed by atoms with Gasteiger partial charge in [-0.05, 0) is 18.6 Å². The first-order chi connectivity index (χ1) is 7.21. The molecule has 1 fully saturated rings. The molecule has 0 saturated carbocycles. The second-order valence-electron chi connectivity index (χ2n) is 4.72. The number of benzene rings is 1. The van der Waals surface area contributed by atoms with E-state index in [0.29, 0.717) is 0 Å². The molecule has 0 unspecified atom stereocenters. The summed E-state index contributed by atoms with van der Waals surface area (Å²) in [4.78, 5) is 3.45. The van der Waals surface area contributed by atoms with Crippen molar-refractivity contribution in [2.24, 2.45) is 0 Å². The van der Waals surface area contributed by atoms with Crippen LogP contribution in [0.5, 0.6) is 0 Å². The smallest absolute Gasteiger partial charge is 0.0583 e. The van der Waals surface area contributed by atoms with Crippen LogP contribution in [-0.2, 0) is 10.2 Å². The standard InChI is InChI=1S/C13H15NO/c1-9-12(13(2)7-15-8-13)10-5-3-4-6-11(10)14-9/h3-6,14H,7-8H2,1-2H3. The molecule has 2 heterocycles. The number of H-pyrrole nitrogens is 1. The van der Waals surface area contributed by atoms with Crippen LogP contribution in [-0.4, -0.2) is 18.2 Å². The molecule has 0 amide bonds. The van der Waals surface area contributed by atoms with Crippen molar-refractivity contribution >= 4 is 10.9 Å². The van der Waals surface area contributed by atoms with Crippen molar-refractivity contribution in [3.63, 3.8) is 0 Å². The summed E-state index contributed by atoms with van der Waals surface area (Å²) < 4.78 is 5.35. The maximum Gasteiger partial charge on any atom is 0.0583 e. The minimum atomic E-state index is 0.212. The molecule has 1 aromatic heterocycles. The van der Waals surface area contributed by atoms with E-state index in [4.69, 9.17) is 4.74 Å². The zero-order valence-electron chi connectivity index (χ0n) is 9.13. The molecule has 2 nitrogen and oxygen atoms in total.